The number of hydrogen-bond donors (Lipinski definition) is 1. The average Bonchev–Trinajstić information content (AvgIpc) is 3.67. The first-order valence-electron chi connectivity index (χ1n) is 14.5. The highest BCUT2D eigenvalue weighted by Gasteiger charge is 2.25. The van der Waals surface area contributed by atoms with E-state index in [1.54, 1.807) is 19.5 Å². The van der Waals surface area contributed by atoms with E-state index in [1.165, 1.54) is 5.56 Å². The number of pyridine rings is 1. The minimum Gasteiger partial charge on any atom is -0.495 e. The van der Waals surface area contributed by atoms with Gasteiger partial charge in [0.25, 0.3) is 5.91 Å². The molecular weight excluding hydrogens is 528 g/mol. The van der Waals surface area contributed by atoms with E-state index < -0.39 is 0 Å². The largest absolute Gasteiger partial charge is 0.495 e. The van der Waals surface area contributed by atoms with E-state index in [0.717, 1.165) is 73.2 Å². The molecule has 1 aliphatic heterocycles. The zero-order chi connectivity index (χ0) is 28.9. The third-order valence-electron chi connectivity index (χ3n) is 8.03. The molecule has 0 atom stereocenters. The SMILES string of the molecule is COc1cccc2c(C(=O)NCc3cccc(C)c3)cn(CCCN3CCC(c4nc(-c5cccnc5)no4)CC3)c12. The summed E-state index contributed by atoms with van der Waals surface area (Å²) in [5, 5.41) is 8.17. The van der Waals surface area contributed by atoms with Gasteiger partial charge < -0.3 is 24.0 Å². The van der Waals surface area contributed by atoms with Crippen molar-refractivity contribution in [3.63, 3.8) is 0 Å². The maximum atomic E-state index is 13.3. The van der Waals surface area contributed by atoms with Crippen LogP contribution in [0.4, 0.5) is 0 Å². The molecule has 42 heavy (non-hydrogen) atoms. The summed E-state index contributed by atoms with van der Waals surface area (Å²) < 4.78 is 13.5. The molecule has 0 bridgehead atoms. The lowest BCUT2D eigenvalue weighted by atomic mass is 9.96. The molecule has 1 saturated heterocycles. The summed E-state index contributed by atoms with van der Waals surface area (Å²) in [6, 6.07) is 17.9. The maximum Gasteiger partial charge on any atom is 0.253 e. The topological polar surface area (TPSA) is 98.3 Å². The zero-order valence-corrected chi connectivity index (χ0v) is 24.1. The lowest BCUT2D eigenvalue weighted by molar-refractivity contribution is 0.0952. The fourth-order valence-electron chi connectivity index (χ4n) is 5.83. The molecule has 0 unspecified atom stereocenters. The Bertz CT molecular complexity index is 1650. The molecule has 0 spiro atoms. The van der Waals surface area contributed by atoms with Crippen molar-refractivity contribution in [1.82, 2.24) is 29.9 Å². The van der Waals surface area contributed by atoms with E-state index in [0.29, 0.717) is 23.8 Å². The molecule has 1 aliphatic rings. The first-order chi connectivity index (χ1) is 20.6. The Kier molecular flexibility index (Phi) is 8.28. The van der Waals surface area contributed by atoms with Gasteiger partial charge in [-0.3, -0.25) is 9.78 Å². The third kappa shape index (κ3) is 6.06. The summed E-state index contributed by atoms with van der Waals surface area (Å²) in [4.78, 5) is 24.6. The van der Waals surface area contributed by atoms with E-state index in [4.69, 9.17) is 9.26 Å². The van der Waals surface area contributed by atoms with Crippen LogP contribution in [0.25, 0.3) is 22.3 Å². The monoisotopic (exact) mass is 564 g/mol. The number of methoxy groups -OCH3 is 1. The highest BCUT2D eigenvalue weighted by Crippen LogP contribution is 2.31. The molecule has 9 heteroatoms. The highest BCUT2D eigenvalue weighted by molar-refractivity contribution is 6.08. The van der Waals surface area contributed by atoms with Crippen LogP contribution in [0.2, 0.25) is 0 Å². The maximum absolute atomic E-state index is 13.3. The Hall–Kier alpha value is -4.50. The molecule has 1 fully saturated rings. The number of fused-ring (bicyclic) bond motifs is 1. The van der Waals surface area contributed by atoms with Crippen LogP contribution < -0.4 is 10.1 Å². The number of ether oxygens (including phenoxy) is 1. The molecule has 0 saturated carbocycles. The van der Waals surface area contributed by atoms with E-state index in [1.807, 2.05) is 48.7 Å². The Morgan fingerprint density at radius 2 is 1.95 bits per heavy atom. The summed E-state index contributed by atoms with van der Waals surface area (Å²) in [5.74, 6) is 2.28. The average molecular weight is 565 g/mol. The van der Waals surface area contributed by atoms with Gasteiger partial charge in [0.1, 0.15) is 5.75 Å². The van der Waals surface area contributed by atoms with Gasteiger partial charge >= 0.3 is 0 Å². The number of likely N-dealkylation sites (tertiary alicyclic amines) is 1. The number of aryl methyl sites for hydroxylation is 2. The molecule has 6 rings (SSSR count). The van der Waals surface area contributed by atoms with Gasteiger partial charge in [0.15, 0.2) is 0 Å². The van der Waals surface area contributed by atoms with Crippen molar-refractivity contribution in [2.24, 2.45) is 0 Å². The summed E-state index contributed by atoms with van der Waals surface area (Å²) >= 11 is 0. The summed E-state index contributed by atoms with van der Waals surface area (Å²) in [6.07, 6.45) is 8.39. The van der Waals surface area contributed by atoms with E-state index in [9.17, 15) is 4.79 Å². The first kappa shape index (κ1) is 27.7. The number of hydrogen-bond acceptors (Lipinski definition) is 7. The van der Waals surface area contributed by atoms with E-state index >= 15 is 0 Å². The first-order valence-corrected chi connectivity index (χ1v) is 14.5. The summed E-state index contributed by atoms with van der Waals surface area (Å²) in [5.41, 5.74) is 4.76. The van der Waals surface area contributed by atoms with Gasteiger partial charge in [-0.1, -0.05) is 47.1 Å². The van der Waals surface area contributed by atoms with Gasteiger partial charge in [0, 0.05) is 48.5 Å². The number of amides is 1. The van der Waals surface area contributed by atoms with Crippen molar-refractivity contribution < 1.29 is 14.1 Å². The zero-order valence-electron chi connectivity index (χ0n) is 24.1. The van der Waals surface area contributed by atoms with Crippen LogP contribution in [0, 0.1) is 6.92 Å². The molecule has 5 aromatic rings. The molecule has 1 N–H and O–H groups in total. The molecule has 1 amide bonds. The van der Waals surface area contributed by atoms with Crippen LogP contribution in [0.15, 0.2) is 77.7 Å². The van der Waals surface area contributed by atoms with Gasteiger partial charge in [-0.15, -0.1) is 0 Å². The number of para-hydroxylation sites is 1. The number of nitrogens with one attached hydrogen (secondary N) is 1. The van der Waals surface area contributed by atoms with E-state index in [2.05, 4.69) is 49.0 Å². The lowest BCUT2D eigenvalue weighted by Gasteiger charge is -2.30. The Balaban J connectivity index is 1.06. The minimum absolute atomic E-state index is 0.0803. The normalized spacial score (nSPS) is 14.3. The molecule has 9 nitrogen and oxygen atoms in total. The number of benzene rings is 2. The summed E-state index contributed by atoms with van der Waals surface area (Å²) in [6.45, 7) is 6.28. The molecular formula is C33H36N6O3. The smallest absolute Gasteiger partial charge is 0.253 e. The number of nitrogens with zero attached hydrogens (tertiary/aromatic N) is 5. The van der Waals surface area contributed by atoms with Crippen molar-refractivity contribution in [2.45, 2.75) is 45.2 Å². The second-order valence-electron chi connectivity index (χ2n) is 10.9. The number of aromatic nitrogens is 4. The number of carbonyl (C=O) groups is 1. The van der Waals surface area contributed by atoms with Crippen LogP contribution in [-0.4, -0.2) is 57.2 Å². The highest BCUT2D eigenvalue weighted by atomic mass is 16.5. The van der Waals surface area contributed by atoms with Crippen LogP contribution in [0.1, 0.15) is 52.6 Å². The van der Waals surface area contributed by atoms with Crippen molar-refractivity contribution in [1.29, 1.82) is 0 Å². The summed E-state index contributed by atoms with van der Waals surface area (Å²) in [7, 11) is 1.68. The molecule has 216 valence electrons. The molecule has 3 aromatic heterocycles. The lowest BCUT2D eigenvalue weighted by Crippen LogP contribution is -2.34. The van der Waals surface area contributed by atoms with Crippen LogP contribution in [0.3, 0.4) is 0 Å². The van der Waals surface area contributed by atoms with Gasteiger partial charge in [-0.25, -0.2) is 0 Å². The van der Waals surface area contributed by atoms with Gasteiger partial charge in [-0.2, -0.15) is 4.98 Å². The fraction of sp³-hybridized carbons (Fsp3) is 0.333. The van der Waals surface area contributed by atoms with Crippen molar-refractivity contribution >= 4 is 16.8 Å². The number of carbonyl (C=O) groups excluding carboxylic acids is 1. The predicted octanol–water partition coefficient (Wildman–Crippen LogP) is 5.60. The minimum atomic E-state index is -0.0803. The number of rotatable bonds is 10. The van der Waals surface area contributed by atoms with Gasteiger partial charge in [-0.05, 0) is 69.6 Å². The van der Waals surface area contributed by atoms with Crippen molar-refractivity contribution in [2.75, 3.05) is 26.7 Å². The third-order valence-corrected chi connectivity index (χ3v) is 8.03. The van der Waals surface area contributed by atoms with Gasteiger partial charge in [0.05, 0.1) is 18.2 Å². The molecule has 2 aromatic carbocycles. The Morgan fingerprint density at radius 1 is 1.10 bits per heavy atom. The van der Waals surface area contributed by atoms with Crippen molar-refractivity contribution in [3.8, 4) is 17.1 Å². The predicted molar refractivity (Wildman–Crippen MR) is 161 cm³/mol. The molecule has 4 heterocycles. The Morgan fingerprint density at radius 3 is 2.74 bits per heavy atom. The van der Waals surface area contributed by atoms with Crippen LogP contribution in [0.5, 0.6) is 5.75 Å². The second kappa shape index (κ2) is 12.6. The molecule has 0 aliphatic carbocycles. The fourth-order valence-corrected chi connectivity index (χ4v) is 5.83. The second-order valence-corrected chi connectivity index (χ2v) is 10.9. The Labute approximate surface area is 245 Å². The quantitative estimate of drug-likeness (QED) is 0.236. The van der Waals surface area contributed by atoms with E-state index in [-0.39, 0.29) is 11.8 Å². The van der Waals surface area contributed by atoms with Gasteiger partial charge in [0.2, 0.25) is 11.7 Å². The van der Waals surface area contributed by atoms with Crippen LogP contribution in [-0.2, 0) is 13.1 Å². The molecule has 0 radical (unpaired) electrons. The van der Waals surface area contributed by atoms with Crippen molar-refractivity contribution in [3.05, 3.63) is 95.8 Å². The number of piperidine rings is 1. The van der Waals surface area contributed by atoms with Crippen LogP contribution >= 0.6 is 0 Å². The standard InChI is InChI=1S/C33H36N6O3/c1-23-7-3-8-24(19-23)20-35-32(40)28-22-39(30-27(28)10-4-11-29(30)41-2)16-6-15-38-17-12-25(13-18-38)33-36-31(37-42-33)26-9-5-14-34-21-26/h3-5,7-11,14,19,21-22,25H,6,12-13,15-18,20H2,1-2H3,(H,35,40).